The molecule has 3 nitrogen and oxygen atoms in total. The van der Waals surface area contributed by atoms with Gasteiger partial charge < -0.3 is 4.79 Å². The fraction of sp³-hybridized carbons (Fsp3) is 0.333. The van der Waals surface area contributed by atoms with E-state index in [4.69, 9.17) is 0 Å². The maximum absolute atomic E-state index is 10.8. The molecule has 4 heteroatoms. The van der Waals surface area contributed by atoms with Crippen molar-refractivity contribution in [3.05, 3.63) is 30.6 Å². The third-order valence-electron chi connectivity index (χ3n) is 1.85. The molecule has 13 heavy (non-hydrogen) atoms. The number of allylic oxidation sites excluding steroid dienone is 1. The van der Waals surface area contributed by atoms with Crippen LogP contribution in [0.4, 0.5) is 0 Å². The van der Waals surface area contributed by atoms with E-state index in [0.717, 1.165) is 11.8 Å². The number of nitrogens with zero attached hydrogens (tertiary/aromatic N) is 1. The standard InChI is InChI=1S/C9H11BrN2O/c1-2-9(10)3-7(6-13)8-4-11-12-5-8/h2,4-7,9H,1,3H2,(H,11,12). The topological polar surface area (TPSA) is 45.8 Å². The van der Waals surface area contributed by atoms with Crippen molar-refractivity contribution in [3.8, 4) is 0 Å². The second kappa shape index (κ2) is 4.97. The highest BCUT2D eigenvalue weighted by Crippen LogP contribution is 2.21. The zero-order valence-electron chi connectivity index (χ0n) is 7.11. The van der Waals surface area contributed by atoms with E-state index in [9.17, 15) is 4.79 Å². The Kier molecular flexibility index (Phi) is 3.89. The minimum Gasteiger partial charge on any atom is -0.303 e. The van der Waals surface area contributed by atoms with Crippen LogP contribution in [0.25, 0.3) is 0 Å². The Balaban J connectivity index is 2.63. The lowest BCUT2D eigenvalue weighted by Gasteiger charge is -2.09. The van der Waals surface area contributed by atoms with Gasteiger partial charge in [0.2, 0.25) is 0 Å². The molecule has 0 aliphatic carbocycles. The fourth-order valence-corrected chi connectivity index (χ4v) is 1.48. The summed E-state index contributed by atoms with van der Waals surface area (Å²) < 4.78 is 0. The first-order valence-electron chi connectivity index (χ1n) is 3.98. The number of rotatable bonds is 5. The maximum Gasteiger partial charge on any atom is 0.127 e. The van der Waals surface area contributed by atoms with Crippen LogP contribution in [0, 0.1) is 0 Å². The lowest BCUT2D eigenvalue weighted by molar-refractivity contribution is -0.109. The number of carbonyl (C=O) groups is 1. The number of aldehydes is 1. The SMILES string of the molecule is C=CC(Br)CC(C=O)c1cn[nH]c1. The summed E-state index contributed by atoms with van der Waals surface area (Å²) in [6.45, 7) is 3.64. The molecule has 2 atom stereocenters. The Labute approximate surface area is 85.4 Å². The molecule has 1 N–H and O–H groups in total. The van der Waals surface area contributed by atoms with Gasteiger partial charge in [0, 0.05) is 22.5 Å². The number of aromatic nitrogens is 2. The first-order valence-corrected chi connectivity index (χ1v) is 4.90. The number of aromatic amines is 1. The van der Waals surface area contributed by atoms with Crippen LogP contribution in [0.1, 0.15) is 17.9 Å². The second-order valence-electron chi connectivity index (χ2n) is 2.76. The van der Waals surface area contributed by atoms with Gasteiger partial charge in [-0.15, -0.1) is 6.58 Å². The lowest BCUT2D eigenvalue weighted by atomic mass is 9.99. The smallest absolute Gasteiger partial charge is 0.127 e. The summed E-state index contributed by atoms with van der Waals surface area (Å²) >= 11 is 3.40. The molecule has 0 radical (unpaired) electrons. The molecule has 2 unspecified atom stereocenters. The van der Waals surface area contributed by atoms with Crippen LogP contribution in [-0.4, -0.2) is 21.3 Å². The predicted molar refractivity (Wildman–Crippen MR) is 54.9 cm³/mol. The van der Waals surface area contributed by atoms with Crippen LogP contribution in [0.5, 0.6) is 0 Å². The molecule has 0 amide bonds. The van der Waals surface area contributed by atoms with Crippen LogP contribution >= 0.6 is 15.9 Å². The summed E-state index contributed by atoms with van der Waals surface area (Å²) in [5, 5.41) is 6.48. The number of carbonyl (C=O) groups excluding carboxylic acids is 1. The molecule has 0 saturated heterocycles. The molecule has 0 saturated carbocycles. The Bertz CT molecular complexity index is 271. The van der Waals surface area contributed by atoms with Gasteiger partial charge in [0.15, 0.2) is 0 Å². The summed E-state index contributed by atoms with van der Waals surface area (Å²) in [5.41, 5.74) is 0.918. The highest BCUT2D eigenvalue weighted by Gasteiger charge is 2.14. The average Bonchev–Trinajstić information content (AvgIpc) is 2.66. The molecule has 0 spiro atoms. The van der Waals surface area contributed by atoms with Crippen LogP contribution in [-0.2, 0) is 4.79 Å². The second-order valence-corrected chi connectivity index (χ2v) is 3.94. The number of halogens is 1. The monoisotopic (exact) mass is 242 g/mol. The van der Waals surface area contributed by atoms with Gasteiger partial charge in [-0.3, -0.25) is 5.10 Å². The number of hydrogen-bond acceptors (Lipinski definition) is 2. The van der Waals surface area contributed by atoms with Gasteiger partial charge in [0.1, 0.15) is 6.29 Å². The van der Waals surface area contributed by atoms with Crippen molar-refractivity contribution in [1.82, 2.24) is 10.2 Å². The zero-order valence-corrected chi connectivity index (χ0v) is 8.70. The van der Waals surface area contributed by atoms with Crippen molar-refractivity contribution in [2.45, 2.75) is 17.2 Å². The van der Waals surface area contributed by atoms with Gasteiger partial charge in [-0.25, -0.2) is 0 Å². The molecule has 1 aromatic heterocycles. The van der Waals surface area contributed by atoms with Gasteiger partial charge in [0.25, 0.3) is 0 Å². The summed E-state index contributed by atoms with van der Waals surface area (Å²) in [7, 11) is 0. The van der Waals surface area contributed by atoms with Crippen molar-refractivity contribution in [2.24, 2.45) is 0 Å². The van der Waals surface area contributed by atoms with Gasteiger partial charge in [-0.05, 0) is 6.42 Å². The van der Waals surface area contributed by atoms with Crippen molar-refractivity contribution in [3.63, 3.8) is 0 Å². The van der Waals surface area contributed by atoms with Gasteiger partial charge >= 0.3 is 0 Å². The number of nitrogens with one attached hydrogen (secondary N) is 1. The molecule has 70 valence electrons. The van der Waals surface area contributed by atoms with Crippen LogP contribution < -0.4 is 0 Å². The Hall–Kier alpha value is -0.900. The molecule has 0 aromatic carbocycles. The summed E-state index contributed by atoms with van der Waals surface area (Å²) in [6.07, 6.45) is 6.83. The van der Waals surface area contributed by atoms with E-state index in [1.54, 1.807) is 18.5 Å². The molecule has 1 rings (SSSR count). The zero-order chi connectivity index (χ0) is 9.68. The van der Waals surface area contributed by atoms with E-state index < -0.39 is 0 Å². The van der Waals surface area contributed by atoms with Crippen molar-refractivity contribution in [2.75, 3.05) is 0 Å². The van der Waals surface area contributed by atoms with E-state index in [0.29, 0.717) is 6.42 Å². The molecule has 1 heterocycles. The van der Waals surface area contributed by atoms with E-state index in [1.165, 1.54) is 0 Å². The molecule has 0 aliphatic heterocycles. The fourth-order valence-electron chi connectivity index (χ4n) is 1.07. The van der Waals surface area contributed by atoms with E-state index in [2.05, 4.69) is 32.7 Å². The number of alkyl halides is 1. The molecule has 0 aliphatic rings. The molecular formula is C9H11BrN2O. The normalized spacial score (nSPS) is 14.8. The Morgan fingerprint density at radius 2 is 2.54 bits per heavy atom. The van der Waals surface area contributed by atoms with Crippen molar-refractivity contribution in [1.29, 1.82) is 0 Å². The van der Waals surface area contributed by atoms with Crippen molar-refractivity contribution >= 4 is 22.2 Å². The summed E-state index contributed by atoms with van der Waals surface area (Å²) in [6, 6.07) is 0. The maximum atomic E-state index is 10.8. The third kappa shape index (κ3) is 2.81. The Morgan fingerprint density at radius 3 is 3.00 bits per heavy atom. The third-order valence-corrected chi connectivity index (χ3v) is 2.59. The first kappa shape index (κ1) is 10.2. The number of H-pyrrole nitrogens is 1. The summed E-state index contributed by atoms with van der Waals surface area (Å²) in [4.78, 5) is 10.9. The minimum atomic E-state index is -0.110. The van der Waals surface area contributed by atoms with Crippen LogP contribution in [0.2, 0.25) is 0 Å². The number of hydrogen-bond donors (Lipinski definition) is 1. The molecule has 0 fully saturated rings. The molecule has 1 aromatic rings. The summed E-state index contributed by atoms with van der Waals surface area (Å²) in [5.74, 6) is -0.110. The highest BCUT2D eigenvalue weighted by atomic mass is 79.9. The van der Waals surface area contributed by atoms with Crippen LogP contribution in [0.15, 0.2) is 25.0 Å². The quantitative estimate of drug-likeness (QED) is 0.488. The van der Waals surface area contributed by atoms with E-state index >= 15 is 0 Å². The van der Waals surface area contributed by atoms with Crippen molar-refractivity contribution < 1.29 is 4.79 Å². The van der Waals surface area contributed by atoms with Crippen LogP contribution in [0.3, 0.4) is 0 Å². The average molecular weight is 243 g/mol. The van der Waals surface area contributed by atoms with Gasteiger partial charge in [-0.2, -0.15) is 5.10 Å². The van der Waals surface area contributed by atoms with E-state index in [-0.39, 0.29) is 10.7 Å². The highest BCUT2D eigenvalue weighted by molar-refractivity contribution is 9.09. The van der Waals surface area contributed by atoms with E-state index in [1.807, 2.05) is 0 Å². The Morgan fingerprint density at radius 1 is 1.77 bits per heavy atom. The molecule has 0 bridgehead atoms. The van der Waals surface area contributed by atoms with Gasteiger partial charge in [0.05, 0.1) is 6.20 Å². The molecular weight excluding hydrogens is 232 g/mol. The van der Waals surface area contributed by atoms with Gasteiger partial charge in [-0.1, -0.05) is 22.0 Å². The first-order chi connectivity index (χ1) is 6.27. The lowest BCUT2D eigenvalue weighted by Crippen LogP contribution is -2.05. The minimum absolute atomic E-state index is 0.110. The largest absolute Gasteiger partial charge is 0.303 e. The predicted octanol–water partition coefficient (Wildman–Crippen LogP) is 2.03.